The van der Waals surface area contributed by atoms with Crippen molar-refractivity contribution in [1.29, 1.82) is 0 Å². The van der Waals surface area contributed by atoms with Gasteiger partial charge in [0, 0.05) is 18.2 Å². The smallest absolute Gasteiger partial charge is 0.276 e. The summed E-state index contributed by atoms with van der Waals surface area (Å²) in [5, 5.41) is 14.0. The van der Waals surface area contributed by atoms with Crippen LogP contribution in [0.5, 0.6) is 23.0 Å². The van der Waals surface area contributed by atoms with E-state index in [0.29, 0.717) is 39.8 Å². The number of anilines is 1. The first-order valence-corrected chi connectivity index (χ1v) is 10.8. The second-order valence-corrected chi connectivity index (χ2v) is 7.38. The molecule has 9 heteroatoms. The molecule has 186 valence electrons. The zero-order valence-corrected chi connectivity index (χ0v) is 20.3. The first-order valence-electron chi connectivity index (χ1n) is 10.8. The van der Waals surface area contributed by atoms with Crippen LogP contribution in [0.1, 0.15) is 16.7 Å². The van der Waals surface area contributed by atoms with Gasteiger partial charge in [0.15, 0.2) is 11.5 Å². The van der Waals surface area contributed by atoms with E-state index in [1.165, 1.54) is 32.4 Å². The lowest BCUT2D eigenvalue weighted by atomic mass is 10.1. The van der Waals surface area contributed by atoms with Crippen molar-refractivity contribution in [3.8, 4) is 23.0 Å². The maximum absolute atomic E-state index is 12.7. The van der Waals surface area contributed by atoms with Crippen LogP contribution in [0.2, 0.25) is 0 Å². The van der Waals surface area contributed by atoms with Crippen LogP contribution in [0, 0.1) is 10.1 Å². The fourth-order valence-corrected chi connectivity index (χ4v) is 3.43. The average molecular weight is 491 g/mol. The van der Waals surface area contributed by atoms with Gasteiger partial charge in [-0.05, 0) is 47.5 Å². The molecule has 36 heavy (non-hydrogen) atoms. The molecular formula is C27H26N2O7. The molecule has 0 spiro atoms. The highest BCUT2D eigenvalue weighted by atomic mass is 16.6. The monoisotopic (exact) mass is 490 g/mol. The molecule has 0 bridgehead atoms. The number of rotatable bonds is 10. The minimum Gasteiger partial charge on any atom is -0.497 e. The van der Waals surface area contributed by atoms with Crippen LogP contribution in [0.15, 0.2) is 60.7 Å². The summed E-state index contributed by atoms with van der Waals surface area (Å²) in [5.41, 5.74) is 2.23. The van der Waals surface area contributed by atoms with Gasteiger partial charge in [0.1, 0.15) is 5.75 Å². The zero-order valence-electron chi connectivity index (χ0n) is 20.3. The molecule has 0 atom stereocenters. The quantitative estimate of drug-likeness (QED) is 0.174. The molecule has 0 fully saturated rings. The lowest BCUT2D eigenvalue weighted by molar-refractivity contribution is -0.385. The first kappa shape index (κ1) is 25.8. The molecule has 1 amide bonds. The third-order valence-electron chi connectivity index (χ3n) is 5.21. The Morgan fingerprint density at radius 3 is 2.14 bits per heavy atom. The van der Waals surface area contributed by atoms with E-state index in [4.69, 9.17) is 18.9 Å². The predicted octanol–water partition coefficient (Wildman–Crippen LogP) is 5.45. The highest BCUT2D eigenvalue weighted by Crippen LogP contribution is 2.38. The summed E-state index contributed by atoms with van der Waals surface area (Å²) in [6, 6.07) is 15.0. The second kappa shape index (κ2) is 12.1. The van der Waals surface area contributed by atoms with Crippen LogP contribution < -0.4 is 24.3 Å². The normalized spacial score (nSPS) is 10.9. The summed E-state index contributed by atoms with van der Waals surface area (Å²) >= 11 is 0. The Labute approximate surface area is 208 Å². The lowest BCUT2D eigenvalue weighted by Gasteiger charge is -2.13. The molecular weight excluding hydrogens is 464 g/mol. The molecule has 0 radical (unpaired) electrons. The van der Waals surface area contributed by atoms with Crippen LogP contribution in [-0.4, -0.2) is 39.3 Å². The molecule has 0 aromatic heterocycles. The third-order valence-corrected chi connectivity index (χ3v) is 5.21. The van der Waals surface area contributed by atoms with E-state index in [1.807, 2.05) is 12.2 Å². The standard InChI is InChI=1S/C27H26N2O7/c1-33-21-13-11-19(10-9-18-15-24(34-2)27(36-4)25(16-18)35-3)22(17-21)28-26(30)14-12-20-7-5-6-8-23(20)29(31)32/h5-17H,1-4H3,(H,28,30)/b10-9+,14-12+. The number of benzene rings is 3. The SMILES string of the molecule is COc1ccc(/C=C/c2cc(OC)c(OC)c(OC)c2)c(NC(=O)/C=C/c2ccccc2[N+](=O)[O-])c1. The van der Waals surface area contributed by atoms with Crippen LogP contribution in [0.4, 0.5) is 11.4 Å². The first-order chi connectivity index (χ1) is 17.4. The van der Waals surface area contributed by atoms with Crippen molar-refractivity contribution in [2.75, 3.05) is 33.8 Å². The van der Waals surface area contributed by atoms with Gasteiger partial charge in [-0.1, -0.05) is 24.3 Å². The number of carbonyl (C=O) groups is 1. The highest BCUT2D eigenvalue weighted by Gasteiger charge is 2.13. The Hall–Kier alpha value is -4.79. The van der Waals surface area contributed by atoms with Crippen LogP contribution in [0.3, 0.4) is 0 Å². The number of hydrogen-bond donors (Lipinski definition) is 1. The van der Waals surface area contributed by atoms with Crippen molar-refractivity contribution in [3.05, 3.63) is 87.5 Å². The van der Waals surface area contributed by atoms with Crippen molar-refractivity contribution < 1.29 is 28.7 Å². The number of nitro groups is 1. The minimum atomic E-state index is -0.494. The molecule has 3 aromatic carbocycles. The summed E-state index contributed by atoms with van der Waals surface area (Å²) in [7, 11) is 6.15. The fraction of sp³-hybridized carbons (Fsp3) is 0.148. The number of nitro benzene ring substituents is 1. The molecule has 1 N–H and O–H groups in total. The van der Waals surface area contributed by atoms with Gasteiger partial charge in [-0.3, -0.25) is 14.9 Å². The van der Waals surface area contributed by atoms with Gasteiger partial charge in [-0.15, -0.1) is 0 Å². The maximum Gasteiger partial charge on any atom is 0.276 e. The minimum absolute atomic E-state index is 0.0862. The molecule has 0 heterocycles. The van der Waals surface area contributed by atoms with Crippen molar-refractivity contribution in [3.63, 3.8) is 0 Å². The van der Waals surface area contributed by atoms with Crippen molar-refractivity contribution in [1.82, 2.24) is 0 Å². The van der Waals surface area contributed by atoms with E-state index in [-0.39, 0.29) is 5.69 Å². The topological polar surface area (TPSA) is 109 Å². The van der Waals surface area contributed by atoms with E-state index in [2.05, 4.69) is 5.32 Å². The van der Waals surface area contributed by atoms with Gasteiger partial charge in [0.05, 0.1) is 44.6 Å². The Kier molecular flexibility index (Phi) is 8.66. The molecule has 0 saturated heterocycles. The largest absolute Gasteiger partial charge is 0.497 e. The number of amides is 1. The Bertz CT molecular complexity index is 1290. The molecule has 9 nitrogen and oxygen atoms in total. The number of methoxy groups -OCH3 is 4. The van der Waals surface area contributed by atoms with Gasteiger partial charge in [-0.25, -0.2) is 0 Å². The van der Waals surface area contributed by atoms with Crippen molar-refractivity contribution in [2.45, 2.75) is 0 Å². The molecule has 0 aliphatic heterocycles. The highest BCUT2D eigenvalue weighted by molar-refractivity contribution is 6.03. The molecule has 0 aliphatic rings. The van der Waals surface area contributed by atoms with Gasteiger partial charge >= 0.3 is 0 Å². The second-order valence-electron chi connectivity index (χ2n) is 7.38. The van der Waals surface area contributed by atoms with Gasteiger partial charge in [0.25, 0.3) is 5.69 Å². The summed E-state index contributed by atoms with van der Waals surface area (Å²) in [4.78, 5) is 23.4. The Morgan fingerprint density at radius 2 is 1.53 bits per heavy atom. The van der Waals surface area contributed by atoms with Gasteiger partial charge in [0.2, 0.25) is 11.7 Å². The summed E-state index contributed by atoms with van der Waals surface area (Å²) in [6.45, 7) is 0. The van der Waals surface area contributed by atoms with Crippen molar-refractivity contribution >= 4 is 35.5 Å². The maximum atomic E-state index is 12.7. The number of nitrogens with one attached hydrogen (secondary N) is 1. The lowest BCUT2D eigenvalue weighted by Crippen LogP contribution is -2.09. The molecule has 0 unspecified atom stereocenters. The molecule has 3 rings (SSSR count). The average Bonchev–Trinajstić information content (AvgIpc) is 2.90. The summed E-state index contributed by atoms with van der Waals surface area (Å²) in [6.07, 6.45) is 6.31. The molecule has 3 aromatic rings. The van der Waals surface area contributed by atoms with Crippen LogP contribution >= 0.6 is 0 Å². The third kappa shape index (κ3) is 6.20. The number of ether oxygens (including phenoxy) is 4. The number of hydrogen-bond acceptors (Lipinski definition) is 7. The summed E-state index contributed by atoms with van der Waals surface area (Å²) < 4.78 is 21.5. The number of carbonyl (C=O) groups excluding carboxylic acids is 1. The molecule has 0 saturated carbocycles. The number of nitrogens with zero attached hydrogens (tertiary/aromatic N) is 1. The Balaban J connectivity index is 1.89. The van der Waals surface area contributed by atoms with E-state index < -0.39 is 10.8 Å². The van der Waals surface area contributed by atoms with Crippen LogP contribution in [-0.2, 0) is 4.79 Å². The van der Waals surface area contributed by atoms with Crippen molar-refractivity contribution in [2.24, 2.45) is 0 Å². The van der Waals surface area contributed by atoms with Crippen LogP contribution in [0.25, 0.3) is 18.2 Å². The molecule has 0 aliphatic carbocycles. The van der Waals surface area contributed by atoms with E-state index >= 15 is 0 Å². The number of para-hydroxylation sites is 1. The zero-order chi connectivity index (χ0) is 26.1. The Morgan fingerprint density at radius 1 is 0.833 bits per heavy atom. The summed E-state index contributed by atoms with van der Waals surface area (Å²) in [5.74, 6) is 1.61. The van der Waals surface area contributed by atoms with Gasteiger partial charge in [-0.2, -0.15) is 0 Å². The fourth-order valence-electron chi connectivity index (χ4n) is 3.43. The van der Waals surface area contributed by atoms with E-state index in [1.54, 1.807) is 62.8 Å². The van der Waals surface area contributed by atoms with E-state index in [9.17, 15) is 14.9 Å². The van der Waals surface area contributed by atoms with E-state index in [0.717, 1.165) is 5.56 Å². The predicted molar refractivity (Wildman–Crippen MR) is 139 cm³/mol. The van der Waals surface area contributed by atoms with Gasteiger partial charge < -0.3 is 24.3 Å².